The summed E-state index contributed by atoms with van der Waals surface area (Å²) in [5.74, 6) is 0.883. The van der Waals surface area contributed by atoms with Crippen LogP contribution in [0.4, 0.5) is 0 Å². The van der Waals surface area contributed by atoms with E-state index in [1.165, 1.54) is 19.5 Å². The zero-order valence-electron chi connectivity index (χ0n) is 14.2. The molecule has 1 unspecified atom stereocenters. The molecule has 1 fully saturated rings. The topological polar surface area (TPSA) is 52.1 Å². The second-order valence-corrected chi connectivity index (χ2v) is 5.76. The maximum absolute atomic E-state index is 5.15. The first-order valence-electron chi connectivity index (χ1n) is 8.10. The van der Waals surface area contributed by atoms with E-state index in [0.717, 1.165) is 38.7 Å². The number of hydrogen-bond acceptors (Lipinski definition) is 4. The minimum absolute atomic E-state index is 0.264. The second kappa shape index (κ2) is 10.8. The van der Waals surface area contributed by atoms with Crippen molar-refractivity contribution in [3.63, 3.8) is 0 Å². The Morgan fingerprint density at radius 1 is 1.29 bits per heavy atom. The lowest BCUT2D eigenvalue weighted by atomic mass is 10.4. The Morgan fingerprint density at radius 3 is 2.81 bits per heavy atom. The molecule has 0 aromatic rings. The molecule has 1 atom stereocenters. The predicted molar refractivity (Wildman–Crippen MR) is 89.0 cm³/mol. The van der Waals surface area contributed by atoms with Crippen molar-refractivity contribution in [3.05, 3.63) is 0 Å². The molecule has 1 aliphatic heterocycles. The highest BCUT2D eigenvalue weighted by atomic mass is 16.5. The van der Waals surface area contributed by atoms with Crippen molar-refractivity contribution in [2.45, 2.75) is 26.3 Å². The van der Waals surface area contributed by atoms with E-state index in [9.17, 15) is 0 Å². The molecule has 124 valence electrons. The fourth-order valence-corrected chi connectivity index (χ4v) is 2.47. The van der Waals surface area contributed by atoms with Gasteiger partial charge in [0, 0.05) is 39.3 Å². The summed E-state index contributed by atoms with van der Waals surface area (Å²) in [6, 6.07) is 0.264. The lowest BCUT2D eigenvalue weighted by molar-refractivity contribution is 0.179. The fourth-order valence-electron chi connectivity index (χ4n) is 2.47. The van der Waals surface area contributed by atoms with Crippen molar-refractivity contribution in [3.8, 4) is 0 Å². The summed E-state index contributed by atoms with van der Waals surface area (Å²) in [5, 5.41) is 6.65. The Hall–Kier alpha value is -0.850. The molecular weight excluding hydrogens is 266 g/mol. The van der Waals surface area contributed by atoms with Gasteiger partial charge in [-0.05, 0) is 40.4 Å². The smallest absolute Gasteiger partial charge is 0.191 e. The highest BCUT2D eigenvalue weighted by Gasteiger charge is 2.11. The highest BCUT2D eigenvalue weighted by molar-refractivity contribution is 5.80. The largest absolute Gasteiger partial charge is 0.383 e. The molecule has 0 amide bonds. The lowest BCUT2D eigenvalue weighted by Gasteiger charge is -2.20. The Morgan fingerprint density at radius 2 is 2.10 bits per heavy atom. The Balaban J connectivity index is 2.35. The third-order valence-corrected chi connectivity index (χ3v) is 3.64. The van der Waals surface area contributed by atoms with Gasteiger partial charge in [0.05, 0.1) is 13.2 Å². The normalized spacial score (nSPS) is 20.1. The van der Waals surface area contributed by atoms with Crippen molar-refractivity contribution in [1.29, 1.82) is 0 Å². The van der Waals surface area contributed by atoms with Gasteiger partial charge in [0.25, 0.3) is 0 Å². The van der Waals surface area contributed by atoms with Gasteiger partial charge in [-0.1, -0.05) is 0 Å². The molecule has 0 aromatic carbocycles. The van der Waals surface area contributed by atoms with Crippen LogP contribution < -0.4 is 10.6 Å². The van der Waals surface area contributed by atoms with Gasteiger partial charge >= 0.3 is 0 Å². The van der Waals surface area contributed by atoms with E-state index in [1.807, 2.05) is 0 Å². The molecule has 1 rings (SSSR count). The van der Waals surface area contributed by atoms with E-state index >= 15 is 0 Å². The minimum Gasteiger partial charge on any atom is -0.383 e. The molecular formula is C15H33N5O. The first kappa shape index (κ1) is 18.2. The van der Waals surface area contributed by atoms with Crippen molar-refractivity contribution in [2.75, 3.05) is 66.6 Å². The molecule has 0 saturated carbocycles. The summed E-state index contributed by atoms with van der Waals surface area (Å²) in [6.07, 6.45) is 1.25. The van der Waals surface area contributed by atoms with Gasteiger partial charge in [0.2, 0.25) is 0 Å². The van der Waals surface area contributed by atoms with E-state index in [-0.39, 0.29) is 6.04 Å². The molecule has 1 aliphatic rings. The van der Waals surface area contributed by atoms with Crippen LogP contribution in [0.2, 0.25) is 0 Å². The number of nitrogens with one attached hydrogen (secondary N) is 2. The van der Waals surface area contributed by atoms with Crippen LogP contribution in [-0.2, 0) is 4.74 Å². The number of likely N-dealkylation sites (N-methyl/N-ethyl adjacent to an activating group) is 1. The summed E-state index contributed by atoms with van der Waals surface area (Å²) in [6.45, 7) is 12.3. The van der Waals surface area contributed by atoms with Gasteiger partial charge in [0.1, 0.15) is 0 Å². The van der Waals surface area contributed by atoms with Gasteiger partial charge in [-0.25, -0.2) is 0 Å². The van der Waals surface area contributed by atoms with Gasteiger partial charge < -0.3 is 25.2 Å². The van der Waals surface area contributed by atoms with Gasteiger partial charge in [-0.15, -0.1) is 0 Å². The van der Waals surface area contributed by atoms with Crippen LogP contribution in [0.1, 0.15) is 20.3 Å². The lowest BCUT2D eigenvalue weighted by Crippen LogP contribution is -2.44. The fraction of sp³-hybridized carbons (Fsp3) is 0.933. The molecule has 0 aromatic heterocycles. The monoisotopic (exact) mass is 299 g/mol. The SMILES string of the molecule is CCNC(=NCCN1CCCN(C)CC1)NC(C)COC. The first-order chi connectivity index (χ1) is 10.2. The van der Waals surface area contributed by atoms with Gasteiger partial charge in [0.15, 0.2) is 5.96 Å². The molecule has 1 saturated heterocycles. The second-order valence-electron chi connectivity index (χ2n) is 5.76. The maximum atomic E-state index is 5.15. The van der Waals surface area contributed by atoms with Crippen LogP contribution in [0.3, 0.4) is 0 Å². The molecule has 0 aliphatic carbocycles. The molecule has 2 N–H and O–H groups in total. The predicted octanol–water partition coefficient (Wildman–Crippen LogP) is 0.214. The van der Waals surface area contributed by atoms with Crippen LogP contribution in [0.5, 0.6) is 0 Å². The number of aliphatic imine (C=N–C) groups is 1. The zero-order valence-corrected chi connectivity index (χ0v) is 14.2. The Kier molecular flexibility index (Phi) is 9.37. The van der Waals surface area contributed by atoms with E-state index in [1.54, 1.807) is 7.11 Å². The van der Waals surface area contributed by atoms with E-state index < -0.39 is 0 Å². The summed E-state index contributed by atoms with van der Waals surface area (Å²) in [5.41, 5.74) is 0. The Bertz CT molecular complexity index is 298. The summed E-state index contributed by atoms with van der Waals surface area (Å²) < 4.78 is 5.15. The van der Waals surface area contributed by atoms with Crippen LogP contribution in [-0.4, -0.2) is 88.4 Å². The number of guanidine groups is 1. The molecule has 0 radical (unpaired) electrons. The molecule has 21 heavy (non-hydrogen) atoms. The molecule has 6 heteroatoms. The van der Waals surface area contributed by atoms with E-state index in [0.29, 0.717) is 6.61 Å². The third kappa shape index (κ3) is 8.24. The molecule has 6 nitrogen and oxygen atoms in total. The molecule has 1 heterocycles. The maximum Gasteiger partial charge on any atom is 0.191 e. The first-order valence-corrected chi connectivity index (χ1v) is 8.10. The summed E-state index contributed by atoms with van der Waals surface area (Å²) >= 11 is 0. The van der Waals surface area contributed by atoms with Gasteiger partial charge in [-0.2, -0.15) is 0 Å². The van der Waals surface area contributed by atoms with E-state index in [2.05, 4.69) is 46.3 Å². The molecule has 0 bridgehead atoms. The number of rotatable bonds is 7. The van der Waals surface area contributed by atoms with Gasteiger partial charge in [-0.3, -0.25) is 4.99 Å². The van der Waals surface area contributed by atoms with Crippen LogP contribution in [0, 0.1) is 0 Å². The standard InChI is InChI=1S/C15H33N5O/c1-5-16-15(18-14(2)13-21-4)17-7-10-20-9-6-8-19(3)11-12-20/h14H,5-13H2,1-4H3,(H2,16,17,18). The zero-order chi connectivity index (χ0) is 15.5. The summed E-state index contributed by atoms with van der Waals surface area (Å²) in [4.78, 5) is 9.58. The quantitative estimate of drug-likeness (QED) is 0.520. The van der Waals surface area contributed by atoms with Crippen LogP contribution >= 0.6 is 0 Å². The van der Waals surface area contributed by atoms with Crippen LogP contribution in [0.25, 0.3) is 0 Å². The van der Waals surface area contributed by atoms with Crippen molar-refractivity contribution in [1.82, 2.24) is 20.4 Å². The summed E-state index contributed by atoms with van der Waals surface area (Å²) in [7, 11) is 3.92. The highest BCUT2D eigenvalue weighted by Crippen LogP contribution is 2.00. The average Bonchev–Trinajstić information content (AvgIpc) is 2.64. The minimum atomic E-state index is 0.264. The molecule has 0 spiro atoms. The van der Waals surface area contributed by atoms with Crippen molar-refractivity contribution >= 4 is 5.96 Å². The van der Waals surface area contributed by atoms with Crippen molar-refractivity contribution in [2.24, 2.45) is 4.99 Å². The van der Waals surface area contributed by atoms with Crippen molar-refractivity contribution < 1.29 is 4.74 Å². The number of ether oxygens (including phenoxy) is 1. The number of hydrogen-bond donors (Lipinski definition) is 2. The number of nitrogens with zero attached hydrogens (tertiary/aromatic N) is 3. The third-order valence-electron chi connectivity index (χ3n) is 3.64. The average molecular weight is 299 g/mol. The van der Waals surface area contributed by atoms with E-state index in [4.69, 9.17) is 4.74 Å². The number of methoxy groups -OCH3 is 1. The van der Waals surface area contributed by atoms with Crippen LogP contribution in [0.15, 0.2) is 4.99 Å². The Labute approximate surface area is 129 Å².